The Balaban J connectivity index is 2.03. The number of rotatable bonds is 6. The third-order valence-electron chi connectivity index (χ3n) is 4.30. The van der Waals surface area contributed by atoms with Gasteiger partial charge in [-0.25, -0.2) is 4.98 Å². The normalized spacial score (nSPS) is 10.4. The SMILES string of the molecule is CCOC(=O)CCC(=O)c1nc2cc(-c3ccccc3)ccc2c(C#N)c1O. The fourth-order valence-corrected chi connectivity index (χ4v) is 2.94. The zero-order valence-corrected chi connectivity index (χ0v) is 15.3. The molecule has 0 saturated carbocycles. The average molecular weight is 374 g/mol. The van der Waals surface area contributed by atoms with Gasteiger partial charge in [-0.1, -0.05) is 42.5 Å². The molecule has 0 aliphatic carbocycles. The second-order valence-electron chi connectivity index (χ2n) is 6.12. The van der Waals surface area contributed by atoms with Crippen LogP contribution in [0.5, 0.6) is 5.75 Å². The van der Waals surface area contributed by atoms with Crippen LogP contribution in [0.2, 0.25) is 0 Å². The summed E-state index contributed by atoms with van der Waals surface area (Å²) in [6, 6.07) is 16.9. The Labute approximate surface area is 162 Å². The minimum atomic E-state index is -0.519. The summed E-state index contributed by atoms with van der Waals surface area (Å²) < 4.78 is 4.81. The maximum atomic E-state index is 12.5. The second kappa shape index (κ2) is 8.31. The van der Waals surface area contributed by atoms with Gasteiger partial charge in [0.2, 0.25) is 0 Å². The van der Waals surface area contributed by atoms with Crippen LogP contribution >= 0.6 is 0 Å². The van der Waals surface area contributed by atoms with E-state index >= 15 is 0 Å². The Kier molecular flexibility index (Phi) is 5.66. The fourth-order valence-electron chi connectivity index (χ4n) is 2.94. The molecule has 1 N–H and O–H groups in total. The van der Waals surface area contributed by atoms with Gasteiger partial charge in [0.05, 0.1) is 18.5 Å². The van der Waals surface area contributed by atoms with Crippen molar-refractivity contribution in [3.63, 3.8) is 0 Å². The van der Waals surface area contributed by atoms with Crippen molar-refractivity contribution in [2.75, 3.05) is 6.61 Å². The van der Waals surface area contributed by atoms with E-state index in [1.165, 1.54) is 0 Å². The molecule has 0 amide bonds. The Bertz CT molecular complexity index is 1090. The molecule has 1 aromatic heterocycles. The number of ether oxygens (including phenoxy) is 1. The van der Waals surface area contributed by atoms with E-state index in [9.17, 15) is 20.0 Å². The molecule has 0 radical (unpaired) electrons. The number of carbonyl (C=O) groups is 2. The van der Waals surface area contributed by atoms with Crippen LogP contribution in [0.3, 0.4) is 0 Å². The molecular formula is C22H18N2O4. The number of fused-ring (bicyclic) bond motifs is 1. The first-order valence-electron chi connectivity index (χ1n) is 8.86. The zero-order valence-electron chi connectivity index (χ0n) is 15.3. The molecule has 3 rings (SSSR count). The number of ketones is 1. The van der Waals surface area contributed by atoms with Gasteiger partial charge >= 0.3 is 5.97 Å². The van der Waals surface area contributed by atoms with Crippen molar-refractivity contribution >= 4 is 22.7 Å². The Hall–Kier alpha value is -3.72. The molecule has 2 aromatic carbocycles. The molecule has 3 aromatic rings. The summed E-state index contributed by atoms with van der Waals surface area (Å²) in [6.45, 7) is 1.91. The number of Topliss-reactive ketones (excluding diaryl/α,β-unsaturated/α-hetero) is 1. The predicted octanol–water partition coefficient (Wildman–Crippen LogP) is 4.01. The van der Waals surface area contributed by atoms with E-state index in [1.54, 1.807) is 19.1 Å². The van der Waals surface area contributed by atoms with Gasteiger partial charge in [0, 0.05) is 11.8 Å². The molecule has 0 atom stereocenters. The van der Waals surface area contributed by atoms with Crippen molar-refractivity contribution in [3.8, 4) is 22.9 Å². The minimum absolute atomic E-state index is 0.0101. The molecule has 0 fully saturated rings. The summed E-state index contributed by atoms with van der Waals surface area (Å²) in [5.74, 6) is -1.48. The Morgan fingerprint density at radius 2 is 1.86 bits per heavy atom. The monoisotopic (exact) mass is 374 g/mol. The van der Waals surface area contributed by atoms with Crippen LogP contribution in [-0.4, -0.2) is 28.4 Å². The minimum Gasteiger partial charge on any atom is -0.504 e. The van der Waals surface area contributed by atoms with Gasteiger partial charge in [0.25, 0.3) is 0 Å². The van der Waals surface area contributed by atoms with Crippen LogP contribution in [-0.2, 0) is 9.53 Å². The third-order valence-corrected chi connectivity index (χ3v) is 4.30. The van der Waals surface area contributed by atoms with Crippen LogP contribution in [0.25, 0.3) is 22.0 Å². The lowest BCUT2D eigenvalue weighted by Crippen LogP contribution is -2.10. The van der Waals surface area contributed by atoms with Gasteiger partial charge in [0.15, 0.2) is 11.5 Å². The zero-order chi connectivity index (χ0) is 20.1. The smallest absolute Gasteiger partial charge is 0.306 e. The number of nitrogens with zero attached hydrogens (tertiary/aromatic N) is 2. The number of aromatic nitrogens is 1. The van der Waals surface area contributed by atoms with Crippen molar-refractivity contribution in [1.82, 2.24) is 4.98 Å². The van der Waals surface area contributed by atoms with E-state index in [0.717, 1.165) is 11.1 Å². The van der Waals surface area contributed by atoms with Crippen LogP contribution in [0, 0.1) is 11.3 Å². The van der Waals surface area contributed by atoms with Crippen molar-refractivity contribution in [1.29, 1.82) is 5.26 Å². The second-order valence-corrected chi connectivity index (χ2v) is 6.12. The van der Waals surface area contributed by atoms with Crippen molar-refractivity contribution in [2.45, 2.75) is 19.8 Å². The first-order valence-corrected chi connectivity index (χ1v) is 8.86. The molecule has 1 heterocycles. The molecule has 0 spiro atoms. The summed E-state index contributed by atoms with van der Waals surface area (Å²) in [6.07, 6.45) is -0.272. The standard InChI is InChI=1S/C22H18N2O4/c1-2-28-20(26)11-10-19(25)21-22(27)17(13-23)16-9-8-15(12-18(16)24-21)14-6-4-3-5-7-14/h3-9,12,27H,2,10-11H2,1H3. The van der Waals surface area contributed by atoms with E-state index in [0.29, 0.717) is 10.9 Å². The number of esters is 1. The third kappa shape index (κ3) is 3.84. The summed E-state index contributed by atoms with van der Waals surface area (Å²) in [5.41, 5.74) is 2.05. The van der Waals surface area contributed by atoms with Gasteiger partial charge in [-0.2, -0.15) is 5.26 Å². The highest BCUT2D eigenvalue weighted by atomic mass is 16.5. The molecule has 6 heteroatoms. The summed E-state index contributed by atoms with van der Waals surface area (Å²) in [5, 5.41) is 20.3. The number of aromatic hydroxyl groups is 1. The number of hydrogen-bond donors (Lipinski definition) is 1. The molecule has 0 aliphatic rings. The van der Waals surface area contributed by atoms with Crippen LogP contribution < -0.4 is 0 Å². The van der Waals surface area contributed by atoms with Crippen LogP contribution in [0.1, 0.15) is 35.8 Å². The van der Waals surface area contributed by atoms with Gasteiger partial charge in [-0.15, -0.1) is 0 Å². The van der Waals surface area contributed by atoms with Crippen LogP contribution in [0.15, 0.2) is 48.5 Å². The molecule has 0 saturated heterocycles. The molecule has 0 bridgehead atoms. The van der Waals surface area contributed by atoms with Crippen molar-refractivity contribution in [2.24, 2.45) is 0 Å². The first-order chi connectivity index (χ1) is 13.5. The number of hydrogen-bond acceptors (Lipinski definition) is 6. The molecule has 28 heavy (non-hydrogen) atoms. The molecule has 0 aliphatic heterocycles. The topological polar surface area (TPSA) is 100 Å². The Morgan fingerprint density at radius 1 is 1.11 bits per heavy atom. The molecule has 140 valence electrons. The lowest BCUT2D eigenvalue weighted by atomic mass is 9.99. The van der Waals surface area contributed by atoms with Crippen molar-refractivity contribution < 1.29 is 19.4 Å². The maximum Gasteiger partial charge on any atom is 0.306 e. The number of nitriles is 1. The lowest BCUT2D eigenvalue weighted by molar-refractivity contribution is -0.143. The average Bonchev–Trinajstić information content (AvgIpc) is 2.72. The first kappa shape index (κ1) is 19.1. The highest BCUT2D eigenvalue weighted by Crippen LogP contribution is 2.32. The summed E-state index contributed by atoms with van der Waals surface area (Å²) in [7, 11) is 0. The Morgan fingerprint density at radius 3 is 2.54 bits per heavy atom. The molecular weight excluding hydrogens is 356 g/mol. The number of benzene rings is 2. The highest BCUT2D eigenvalue weighted by molar-refractivity contribution is 6.02. The number of pyridine rings is 1. The largest absolute Gasteiger partial charge is 0.504 e. The van der Waals surface area contributed by atoms with Gasteiger partial charge < -0.3 is 9.84 Å². The van der Waals surface area contributed by atoms with Gasteiger partial charge in [-0.05, 0) is 24.1 Å². The van der Waals surface area contributed by atoms with Crippen molar-refractivity contribution in [3.05, 3.63) is 59.8 Å². The summed E-state index contributed by atoms with van der Waals surface area (Å²) in [4.78, 5) is 28.3. The predicted molar refractivity (Wildman–Crippen MR) is 104 cm³/mol. The van der Waals surface area contributed by atoms with E-state index in [4.69, 9.17) is 4.74 Å². The molecule has 0 unspecified atom stereocenters. The van der Waals surface area contributed by atoms with Gasteiger partial charge in [0.1, 0.15) is 17.3 Å². The molecule has 6 nitrogen and oxygen atoms in total. The van der Waals surface area contributed by atoms with E-state index in [1.807, 2.05) is 42.5 Å². The van der Waals surface area contributed by atoms with E-state index in [-0.39, 0.29) is 30.7 Å². The van der Waals surface area contributed by atoms with E-state index < -0.39 is 17.5 Å². The number of carbonyl (C=O) groups excluding carboxylic acids is 2. The van der Waals surface area contributed by atoms with Crippen LogP contribution in [0.4, 0.5) is 0 Å². The summed E-state index contributed by atoms with van der Waals surface area (Å²) >= 11 is 0. The quantitative estimate of drug-likeness (QED) is 0.517. The highest BCUT2D eigenvalue weighted by Gasteiger charge is 2.21. The van der Waals surface area contributed by atoms with Gasteiger partial charge in [-0.3, -0.25) is 9.59 Å². The van der Waals surface area contributed by atoms with E-state index in [2.05, 4.69) is 4.98 Å². The fraction of sp³-hybridized carbons (Fsp3) is 0.182. The maximum absolute atomic E-state index is 12.5. The lowest BCUT2D eigenvalue weighted by Gasteiger charge is -2.10.